The molecule has 2 aromatic rings. The predicted octanol–water partition coefficient (Wildman–Crippen LogP) is 3.49. The molecule has 5 heteroatoms. The summed E-state index contributed by atoms with van der Waals surface area (Å²) in [6.45, 7) is 0.712. The summed E-state index contributed by atoms with van der Waals surface area (Å²) in [5.74, 6) is -0.121. The second-order valence-corrected chi connectivity index (χ2v) is 5.53. The van der Waals surface area contributed by atoms with E-state index in [9.17, 15) is 4.79 Å². The number of rotatable bonds is 6. The van der Waals surface area contributed by atoms with Crippen LogP contribution in [-0.4, -0.2) is 25.2 Å². The standard InChI is InChI=1S/C16H17NO3S/c1-17(13-4-3-5-14(10-13)20-2)11-15-12(8-9-21-15)6-7-16(18)19/h3-10H,11H2,1-2H3,(H,18,19). The van der Waals surface area contributed by atoms with E-state index < -0.39 is 5.97 Å². The Balaban J connectivity index is 2.14. The van der Waals surface area contributed by atoms with E-state index in [0.29, 0.717) is 6.54 Å². The van der Waals surface area contributed by atoms with Crippen LogP contribution in [0.4, 0.5) is 5.69 Å². The van der Waals surface area contributed by atoms with Gasteiger partial charge in [-0.3, -0.25) is 0 Å². The number of carbonyl (C=O) groups is 1. The summed E-state index contributed by atoms with van der Waals surface area (Å²) < 4.78 is 5.23. The smallest absolute Gasteiger partial charge is 0.328 e. The van der Waals surface area contributed by atoms with Gasteiger partial charge in [-0.1, -0.05) is 6.07 Å². The highest BCUT2D eigenvalue weighted by atomic mass is 32.1. The number of ether oxygens (including phenoxy) is 1. The van der Waals surface area contributed by atoms with Gasteiger partial charge in [-0.2, -0.15) is 0 Å². The summed E-state index contributed by atoms with van der Waals surface area (Å²) in [7, 11) is 3.65. The number of hydrogen-bond acceptors (Lipinski definition) is 4. The van der Waals surface area contributed by atoms with Gasteiger partial charge in [0.15, 0.2) is 0 Å². The molecule has 1 heterocycles. The SMILES string of the molecule is COc1cccc(N(C)Cc2sccc2C=CC(=O)O)c1. The number of carboxylic acid groups (broad SMARTS) is 1. The van der Waals surface area contributed by atoms with Crippen molar-refractivity contribution in [1.82, 2.24) is 0 Å². The molecule has 0 amide bonds. The summed E-state index contributed by atoms with van der Waals surface area (Å²) in [5, 5.41) is 10.7. The lowest BCUT2D eigenvalue weighted by Crippen LogP contribution is -2.16. The Hall–Kier alpha value is -2.27. The molecule has 2 rings (SSSR count). The molecule has 0 aliphatic rings. The number of benzene rings is 1. The molecule has 0 bridgehead atoms. The van der Waals surface area contributed by atoms with Crippen LogP contribution in [0.25, 0.3) is 6.08 Å². The van der Waals surface area contributed by atoms with Gasteiger partial charge in [0, 0.05) is 29.8 Å². The van der Waals surface area contributed by atoms with E-state index >= 15 is 0 Å². The second-order valence-electron chi connectivity index (χ2n) is 4.53. The van der Waals surface area contributed by atoms with E-state index in [1.54, 1.807) is 24.5 Å². The Bertz CT molecular complexity index is 648. The highest BCUT2D eigenvalue weighted by Crippen LogP contribution is 2.25. The minimum atomic E-state index is -0.937. The number of methoxy groups -OCH3 is 1. The van der Waals surface area contributed by atoms with Gasteiger partial charge in [-0.05, 0) is 35.2 Å². The van der Waals surface area contributed by atoms with Crippen molar-refractivity contribution in [3.8, 4) is 5.75 Å². The lowest BCUT2D eigenvalue weighted by molar-refractivity contribution is -0.131. The van der Waals surface area contributed by atoms with Gasteiger partial charge in [-0.25, -0.2) is 4.79 Å². The molecule has 0 saturated heterocycles. The average molecular weight is 303 g/mol. The first-order chi connectivity index (χ1) is 10.1. The maximum absolute atomic E-state index is 10.6. The topological polar surface area (TPSA) is 49.8 Å². The molecular weight excluding hydrogens is 286 g/mol. The summed E-state index contributed by atoms with van der Waals surface area (Å²) >= 11 is 1.62. The first kappa shape index (κ1) is 15.1. The van der Waals surface area contributed by atoms with Crippen molar-refractivity contribution in [2.24, 2.45) is 0 Å². The van der Waals surface area contributed by atoms with Crippen molar-refractivity contribution >= 4 is 29.1 Å². The van der Waals surface area contributed by atoms with Crippen molar-refractivity contribution < 1.29 is 14.6 Å². The van der Waals surface area contributed by atoms with E-state index in [0.717, 1.165) is 28.0 Å². The maximum atomic E-state index is 10.6. The van der Waals surface area contributed by atoms with Crippen LogP contribution in [0.5, 0.6) is 5.75 Å². The molecule has 0 saturated carbocycles. The number of aliphatic carboxylic acids is 1. The van der Waals surface area contributed by atoms with Crippen LogP contribution in [0.15, 0.2) is 41.8 Å². The van der Waals surface area contributed by atoms with Crippen LogP contribution < -0.4 is 9.64 Å². The largest absolute Gasteiger partial charge is 0.497 e. The molecule has 1 aromatic carbocycles. The second kappa shape index (κ2) is 6.95. The summed E-state index contributed by atoms with van der Waals surface area (Å²) in [4.78, 5) is 13.8. The molecule has 0 radical (unpaired) electrons. The molecule has 1 aromatic heterocycles. The van der Waals surface area contributed by atoms with Crippen LogP contribution in [0.1, 0.15) is 10.4 Å². The van der Waals surface area contributed by atoms with Gasteiger partial charge in [0.1, 0.15) is 5.75 Å². The van der Waals surface area contributed by atoms with E-state index in [1.807, 2.05) is 42.8 Å². The molecule has 0 fully saturated rings. The van der Waals surface area contributed by atoms with E-state index in [2.05, 4.69) is 4.90 Å². The Morgan fingerprint density at radius 2 is 2.24 bits per heavy atom. The molecule has 0 aliphatic carbocycles. The van der Waals surface area contributed by atoms with Crippen LogP contribution in [0, 0.1) is 0 Å². The number of carboxylic acids is 1. The molecule has 0 atom stereocenters. The lowest BCUT2D eigenvalue weighted by atomic mass is 10.2. The van der Waals surface area contributed by atoms with Gasteiger partial charge in [-0.15, -0.1) is 11.3 Å². The van der Waals surface area contributed by atoms with Crippen LogP contribution in [0.3, 0.4) is 0 Å². The van der Waals surface area contributed by atoms with Gasteiger partial charge in [0.05, 0.1) is 13.7 Å². The normalized spacial score (nSPS) is 10.8. The highest BCUT2D eigenvalue weighted by molar-refractivity contribution is 7.10. The summed E-state index contributed by atoms with van der Waals surface area (Å²) in [6.07, 6.45) is 2.80. The fraction of sp³-hybridized carbons (Fsp3) is 0.188. The van der Waals surface area contributed by atoms with Gasteiger partial charge < -0.3 is 14.7 Å². The zero-order valence-electron chi connectivity index (χ0n) is 11.9. The average Bonchev–Trinajstić information content (AvgIpc) is 2.92. The third kappa shape index (κ3) is 4.10. The Kier molecular flexibility index (Phi) is 5.00. The van der Waals surface area contributed by atoms with E-state index in [4.69, 9.17) is 9.84 Å². The van der Waals surface area contributed by atoms with Crippen molar-refractivity contribution in [3.05, 3.63) is 52.2 Å². The number of nitrogens with zero attached hydrogens (tertiary/aromatic N) is 1. The molecule has 0 unspecified atom stereocenters. The third-order valence-corrected chi connectivity index (χ3v) is 3.98. The summed E-state index contributed by atoms with van der Waals surface area (Å²) in [6, 6.07) is 9.77. The maximum Gasteiger partial charge on any atom is 0.328 e. The minimum absolute atomic E-state index is 0.712. The van der Waals surface area contributed by atoms with Crippen molar-refractivity contribution in [1.29, 1.82) is 0 Å². The molecule has 4 nitrogen and oxygen atoms in total. The quantitative estimate of drug-likeness (QED) is 0.830. The van der Waals surface area contributed by atoms with Gasteiger partial charge >= 0.3 is 5.97 Å². The van der Waals surface area contributed by atoms with Crippen molar-refractivity contribution in [2.45, 2.75) is 6.54 Å². The molecule has 0 aliphatic heterocycles. The number of thiophene rings is 1. The Labute approximate surface area is 127 Å². The number of anilines is 1. The first-order valence-electron chi connectivity index (χ1n) is 6.42. The summed E-state index contributed by atoms with van der Waals surface area (Å²) in [5.41, 5.74) is 1.99. The number of hydrogen-bond donors (Lipinski definition) is 1. The zero-order valence-corrected chi connectivity index (χ0v) is 12.8. The third-order valence-electron chi connectivity index (χ3n) is 3.06. The molecule has 1 N–H and O–H groups in total. The Morgan fingerprint density at radius 1 is 1.43 bits per heavy atom. The van der Waals surface area contributed by atoms with Gasteiger partial charge in [0.2, 0.25) is 0 Å². The van der Waals surface area contributed by atoms with Gasteiger partial charge in [0.25, 0.3) is 0 Å². The first-order valence-corrected chi connectivity index (χ1v) is 7.30. The van der Waals surface area contributed by atoms with Crippen molar-refractivity contribution in [3.63, 3.8) is 0 Å². The molecule has 110 valence electrons. The fourth-order valence-electron chi connectivity index (χ4n) is 1.94. The van der Waals surface area contributed by atoms with E-state index in [1.165, 1.54) is 0 Å². The van der Waals surface area contributed by atoms with Crippen molar-refractivity contribution in [2.75, 3.05) is 19.1 Å². The minimum Gasteiger partial charge on any atom is -0.497 e. The van der Waals surface area contributed by atoms with Crippen LogP contribution >= 0.6 is 11.3 Å². The highest BCUT2D eigenvalue weighted by Gasteiger charge is 2.07. The Morgan fingerprint density at radius 3 is 2.95 bits per heavy atom. The monoisotopic (exact) mass is 303 g/mol. The fourth-order valence-corrected chi connectivity index (χ4v) is 2.86. The van der Waals surface area contributed by atoms with Crippen LogP contribution in [0.2, 0.25) is 0 Å². The lowest BCUT2D eigenvalue weighted by Gasteiger charge is -2.19. The molecule has 21 heavy (non-hydrogen) atoms. The molecule has 0 spiro atoms. The van der Waals surface area contributed by atoms with E-state index in [-0.39, 0.29) is 0 Å². The van der Waals surface area contributed by atoms with Crippen LogP contribution in [-0.2, 0) is 11.3 Å². The zero-order chi connectivity index (χ0) is 15.2. The molecular formula is C16H17NO3S. The predicted molar refractivity (Wildman–Crippen MR) is 86.1 cm³/mol.